The lowest BCUT2D eigenvalue weighted by Crippen LogP contribution is -2.30. The Kier molecular flexibility index (Phi) is 5.03. The number of hydrogen-bond acceptors (Lipinski definition) is 6. The zero-order chi connectivity index (χ0) is 13.5. The fourth-order valence-electron chi connectivity index (χ4n) is 1.34. The Hall–Kier alpha value is -2.19. The average molecular weight is 254 g/mol. The van der Waals surface area contributed by atoms with Crippen LogP contribution < -0.4 is 16.6 Å². The Balaban J connectivity index is 2.97. The molecule has 8 nitrogen and oxygen atoms in total. The smallest absolute Gasteiger partial charge is 0.293 e. The van der Waals surface area contributed by atoms with Crippen LogP contribution in [-0.2, 0) is 4.74 Å². The van der Waals surface area contributed by atoms with Gasteiger partial charge in [0, 0.05) is 25.3 Å². The van der Waals surface area contributed by atoms with Gasteiger partial charge in [0.2, 0.25) is 0 Å². The number of ether oxygens (including phenoxy) is 1. The van der Waals surface area contributed by atoms with Gasteiger partial charge in [0.1, 0.15) is 5.69 Å². The van der Waals surface area contributed by atoms with Gasteiger partial charge in [0.15, 0.2) is 0 Å². The minimum absolute atomic E-state index is 0.126. The van der Waals surface area contributed by atoms with Crippen LogP contribution in [0.1, 0.15) is 10.4 Å². The highest BCUT2D eigenvalue weighted by atomic mass is 16.6. The summed E-state index contributed by atoms with van der Waals surface area (Å²) in [6.07, 6.45) is 0. The molecule has 18 heavy (non-hydrogen) atoms. The first-order valence-corrected chi connectivity index (χ1v) is 5.12. The SMILES string of the molecule is COCCNc1ccc(C(=O)NN)cc1[N+](=O)[O-]. The van der Waals surface area contributed by atoms with Gasteiger partial charge in [-0.3, -0.25) is 20.3 Å². The van der Waals surface area contributed by atoms with E-state index in [2.05, 4.69) is 5.32 Å². The third-order valence-electron chi connectivity index (χ3n) is 2.21. The first-order valence-electron chi connectivity index (χ1n) is 5.12. The van der Waals surface area contributed by atoms with E-state index in [-0.39, 0.29) is 11.3 Å². The van der Waals surface area contributed by atoms with Crippen LogP contribution >= 0.6 is 0 Å². The minimum Gasteiger partial charge on any atom is -0.383 e. The number of methoxy groups -OCH3 is 1. The summed E-state index contributed by atoms with van der Waals surface area (Å²) >= 11 is 0. The molecule has 0 aliphatic rings. The van der Waals surface area contributed by atoms with Crippen molar-refractivity contribution in [1.82, 2.24) is 5.43 Å². The van der Waals surface area contributed by atoms with Gasteiger partial charge in [-0.2, -0.15) is 0 Å². The van der Waals surface area contributed by atoms with Crippen molar-refractivity contribution in [3.05, 3.63) is 33.9 Å². The monoisotopic (exact) mass is 254 g/mol. The number of hydrogen-bond donors (Lipinski definition) is 3. The topological polar surface area (TPSA) is 120 Å². The Morgan fingerprint density at radius 1 is 1.56 bits per heavy atom. The van der Waals surface area contributed by atoms with Crippen molar-refractivity contribution in [1.29, 1.82) is 0 Å². The molecular formula is C10H14N4O4. The summed E-state index contributed by atoms with van der Waals surface area (Å²) in [6, 6.07) is 4.07. The van der Waals surface area contributed by atoms with Crippen molar-refractivity contribution in [2.45, 2.75) is 0 Å². The maximum absolute atomic E-state index is 11.3. The quantitative estimate of drug-likeness (QED) is 0.220. The Morgan fingerprint density at radius 3 is 2.83 bits per heavy atom. The van der Waals surface area contributed by atoms with Crippen molar-refractivity contribution in [2.24, 2.45) is 5.84 Å². The zero-order valence-electron chi connectivity index (χ0n) is 9.80. The minimum atomic E-state index is -0.582. The normalized spacial score (nSPS) is 9.89. The maximum Gasteiger partial charge on any atom is 0.293 e. The van der Waals surface area contributed by atoms with Crippen molar-refractivity contribution in [3.8, 4) is 0 Å². The van der Waals surface area contributed by atoms with Crippen molar-refractivity contribution >= 4 is 17.3 Å². The molecule has 0 aromatic heterocycles. The fraction of sp³-hybridized carbons (Fsp3) is 0.300. The number of nitrogens with zero attached hydrogens (tertiary/aromatic N) is 1. The number of hydrazine groups is 1. The third-order valence-corrected chi connectivity index (χ3v) is 2.21. The van der Waals surface area contributed by atoms with E-state index in [1.54, 1.807) is 0 Å². The molecule has 0 radical (unpaired) electrons. The summed E-state index contributed by atoms with van der Waals surface area (Å²) in [4.78, 5) is 21.6. The Bertz CT molecular complexity index is 450. The number of nitrogens with two attached hydrogens (primary N) is 1. The molecule has 0 fully saturated rings. The molecule has 0 aliphatic carbocycles. The van der Waals surface area contributed by atoms with E-state index in [0.29, 0.717) is 18.8 Å². The lowest BCUT2D eigenvalue weighted by Gasteiger charge is -2.07. The van der Waals surface area contributed by atoms with Gasteiger partial charge < -0.3 is 10.1 Å². The maximum atomic E-state index is 11.3. The summed E-state index contributed by atoms with van der Waals surface area (Å²) in [5.41, 5.74) is 2.18. The fourth-order valence-corrected chi connectivity index (χ4v) is 1.34. The second-order valence-electron chi connectivity index (χ2n) is 3.38. The molecule has 1 aromatic carbocycles. The zero-order valence-corrected chi connectivity index (χ0v) is 9.80. The van der Waals surface area contributed by atoms with Crippen molar-refractivity contribution < 1.29 is 14.5 Å². The Morgan fingerprint density at radius 2 is 2.28 bits per heavy atom. The first kappa shape index (κ1) is 13.9. The lowest BCUT2D eigenvalue weighted by atomic mass is 10.1. The molecule has 98 valence electrons. The molecule has 8 heteroatoms. The standard InChI is InChI=1S/C10H14N4O4/c1-18-5-4-12-8-3-2-7(10(15)13-11)6-9(8)14(16)17/h2-3,6,12H,4-5,11H2,1H3,(H,13,15). The number of benzene rings is 1. The molecule has 1 amide bonds. The number of rotatable bonds is 6. The van der Waals surface area contributed by atoms with Gasteiger partial charge in [-0.1, -0.05) is 0 Å². The lowest BCUT2D eigenvalue weighted by molar-refractivity contribution is -0.384. The van der Waals surface area contributed by atoms with Crippen LogP contribution in [-0.4, -0.2) is 31.1 Å². The highest BCUT2D eigenvalue weighted by Gasteiger charge is 2.16. The number of amides is 1. The first-order chi connectivity index (χ1) is 8.60. The summed E-state index contributed by atoms with van der Waals surface area (Å²) in [7, 11) is 1.53. The number of nitro benzene ring substituents is 1. The van der Waals surface area contributed by atoms with Crippen LogP contribution in [0.4, 0.5) is 11.4 Å². The van der Waals surface area contributed by atoms with Gasteiger partial charge in [0.05, 0.1) is 11.5 Å². The predicted molar refractivity (Wildman–Crippen MR) is 65.1 cm³/mol. The molecule has 0 atom stereocenters. The predicted octanol–water partition coefficient (Wildman–Crippen LogP) is 0.257. The molecule has 0 heterocycles. The van der Waals surface area contributed by atoms with Crippen LogP contribution in [0.2, 0.25) is 0 Å². The van der Waals surface area contributed by atoms with E-state index >= 15 is 0 Å². The number of anilines is 1. The summed E-state index contributed by atoms with van der Waals surface area (Å²) in [5.74, 6) is 4.38. The highest BCUT2D eigenvalue weighted by molar-refractivity contribution is 5.95. The molecular weight excluding hydrogens is 240 g/mol. The van der Waals surface area contributed by atoms with E-state index in [1.165, 1.54) is 19.2 Å². The molecule has 1 rings (SSSR count). The number of carbonyl (C=O) groups excluding carboxylic acids is 1. The van der Waals surface area contributed by atoms with Crippen molar-refractivity contribution in [2.75, 3.05) is 25.6 Å². The molecule has 4 N–H and O–H groups in total. The van der Waals surface area contributed by atoms with Gasteiger partial charge >= 0.3 is 0 Å². The molecule has 0 bridgehead atoms. The van der Waals surface area contributed by atoms with Crippen LogP contribution in [0.15, 0.2) is 18.2 Å². The number of nitro groups is 1. The van der Waals surface area contributed by atoms with Crippen LogP contribution in [0.3, 0.4) is 0 Å². The molecule has 0 aliphatic heterocycles. The molecule has 1 aromatic rings. The van der Waals surface area contributed by atoms with Crippen LogP contribution in [0.25, 0.3) is 0 Å². The molecule has 0 unspecified atom stereocenters. The van der Waals surface area contributed by atoms with Crippen LogP contribution in [0, 0.1) is 10.1 Å². The summed E-state index contributed by atoms with van der Waals surface area (Å²) in [5, 5.41) is 13.7. The van der Waals surface area contributed by atoms with Crippen molar-refractivity contribution in [3.63, 3.8) is 0 Å². The number of nitrogens with one attached hydrogen (secondary N) is 2. The van der Waals surface area contributed by atoms with Gasteiger partial charge in [-0.05, 0) is 12.1 Å². The highest BCUT2D eigenvalue weighted by Crippen LogP contribution is 2.25. The Labute approximate surface area is 103 Å². The van der Waals surface area contributed by atoms with Gasteiger partial charge in [0.25, 0.3) is 11.6 Å². The second-order valence-corrected chi connectivity index (χ2v) is 3.38. The van der Waals surface area contributed by atoms with E-state index in [9.17, 15) is 14.9 Å². The summed E-state index contributed by atoms with van der Waals surface area (Å²) in [6.45, 7) is 0.849. The number of nitrogen functional groups attached to an aromatic ring is 1. The van der Waals surface area contributed by atoms with E-state index < -0.39 is 10.8 Å². The second kappa shape index (κ2) is 6.52. The largest absolute Gasteiger partial charge is 0.383 e. The van der Waals surface area contributed by atoms with E-state index in [4.69, 9.17) is 10.6 Å². The molecule has 0 spiro atoms. The van der Waals surface area contributed by atoms with Gasteiger partial charge in [-0.15, -0.1) is 0 Å². The average Bonchev–Trinajstić information content (AvgIpc) is 2.38. The number of carbonyl (C=O) groups is 1. The van der Waals surface area contributed by atoms with E-state index in [0.717, 1.165) is 6.07 Å². The van der Waals surface area contributed by atoms with Gasteiger partial charge in [-0.25, -0.2) is 5.84 Å². The molecule has 0 saturated carbocycles. The van der Waals surface area contributed by atoms with Crippen LogP contribution in [0.5, 0.6) is 0 Å². The van der Waals surface area contributed by atoms with E-state index in [1.807, 2.05) is 5.43 Å². The third kappa shape index (κ3) is 3.40. The molecule has 0 saturated heterocycles. The summed E-state index contributed by atoms with van der Waals surface area (Å²) < 4.78 is 4.83.